The number of sulfonamides is 1. The summed E-state index contributed by atoms with van der Waals surface area (Å²) in [6.07, 6.45) is -1.26. The highest BCUT2D eigenvalue weighted by atomic mass is 32.2. The Labute approximate surface area is 198 Å². The third kappa shape index (κ3) is 6.17. The quantitative estimate of drug-likeness (QED) is 0.477. The Balaban J connectivity index is 1.53. The molecular formula is C25H30F4N2O2S. The summed E-state index contributed by atoms with van der Waals surface area (Å²) < 4.78 is 81.2. The Morgan fingerprint density at radius 3 is 2.56 bits per heavy atom. The van der Waals surface area contributed by atoms with Crippen molar-refractivity contribution in [1.82, 2.24) is 10.0 Å². The van der Waals surface area contributed by atoms with Crippen LogP contribution in [0.15, 0.2) is 36.4 Å². The van der Waals surface area contributed by atoms with Crippen LogP contribution in [-0.4, -0.2) is 34.3 Å². The first kappa shape index (κ1) is 25.1. The van der Waals surface area contributed by atoms with Gasteiger partial charge in [-0.15, -0.1) is 0 Å². The van der Waals surface area contributed by atoms with Crippen molar-refractivity contribution in [3.8, 4) is 0 Å². The molecular weight excluding hydrogens is 468 g/mol. The third-order valence-corrected chi connectivity index (χ3v) is 8.36. The number of rotatable bonds is 10. The molecule has 2 aromatic rings. The van der Waals surface area contributed by atoms with Gasteiger partial charge in [0.05, 0.1) is 11.3 Å². The Morgan fingerprint density at radius 1 is 1.12 bits per heavy atom. The summed E-state index contributed by atoms with van der Waals surface area (Å²) in [5.41, 5.74) is 2.15. The maximum Gasteiger partial charge on any atom is 0.416 e. The van der Waals surface area contributed by atoms with E-state index in [9.17, 15) is 26.0 Å². The monoisotopic (exact) mass is 498 g/mol. The van der Waals surface area contributed by atoms with Crippen molar-refractivity contribution < 1.29 is 26.0 Å². The van der Waals surface area contributed by atoms with Gasteiger partial charge in [-0.25, -0.2) is 17.5 Å². The second kappa shape index (κ2) is 9.95. The van der Waals surface area contributed by atoms with Crippen LogP contribution in [0, 0.1) is 17.7 Å². The van der Waals surface area contributed by atoms with Crippen molar-refractivity contribution in [2.75, 3.05) is 25.9 Å². The van der Waals surface area contributed by atoms with E-state index in [1.165, 1.54) is 18.2 Å². The maximum absolute atomic E-state index is 14.8. The van der Waals surface area contributed by atoms with Crippen LogP contribution in [-0.2, 0) is 35.5 Å². The molecule has 0 spiro atoms. The fourth-order valence-corrected chi connectivity index (χ4v) is 6.43. The van der Waals surface area contributed by atoms with Gasteiger partial charge in [-0.05, 0) is 97.8 Å². The van der Waals surface area contributed by atoms with Crippen molar-refractivity contribution in [3.05, 3.63) is 70.0 Å². The van der Waals surface area contributed by atoms with Crippen LogP contribution in [0.25, 0.3) is 0 Å². The zero-order valence-corrected chi connectivity index (χ0v) is 19.9. The van der Waals surface area contributed by atoms with Crippen molar-refractivity contribution in [1.29, 1.82) is 0 Å². The molecule has 0 aliphatic heterocycles. The van der Waals surface area contributed by atoms with Gasteiger partial charge in [0.15, 0.2) is 0 Å². The van der Waals surface area contributed by atoms with Crippen molar-refractivity contribution in [3.63, 3.8) is 0 Å². The maximum atomic E-state index is 14.8. The molecule has 2 atom stereocenters. The average molecular weight is 499 g/mol. The fourth-order valence-electron chi connectivity index (χ4n) is 4.95. The highest BCUT2D eigenvalue weighted by molar-refractivity contribution is 7.89. The number of benzene rings is 2. The van der Waals surface area contributed by atoms with E-state index in [4.69, 9.17) is 0 Å². The topological polar surface area (TPSA) is 58.2 Å². The molecule has 0 saturated heterocycles. The number of fused-ring (bicyclic) bond motifs is 1. The number of alkyl halides is 3. The average Bonchev–Trinajstić information content (AvgIpc) is 3.50. The number of hydrogen-bond donors (Lipinski definition) is 2. The Kier molecular flexibility index (Phi) is 7.36. The minimum Gasteiger partial charge on any atom is -0.319 e. The zero-order valence-electron chi connectivity index (χ0n) is 19.1. The predicted molar refractivity (Wildman–Crippen MR) is 124 cm³/mol. The lowest BCUT2D eigenvalue weighted by Gasteiger charge is -2.21. The van der Waals surface area contributed by atoms with Gasteiger partial charge in [-0.3, -0.25) is 0 Å². The summed E-state index contributed by atoms with van der Waals surface area (Å²) >= 11 is 0. The van der Waals surface area contributed by atoms with E-state index in [0.717, 1.165) is 30.0 Å². The number of hydrogen-bond acceptors (Lipinski definition) is 3. The summed E-state index contributed by atoms with van der Waals surface area (Å²) in [5, 5.41) is 3.15. The van der Waals surface area contributed by atoms with Gasteiger partial charge in [0.2, 0.25) is 10.0 Å². The van der Waals surface area contributed by atoms with E-state index in [-0.39, 0.29) is 42.3 Å². The summed E-state index contributed by atoms with van der Waals surface area (Å²) in [5.74, 6) is 0.0424. The summed E-state index contributed by atoms with van der Waals surface area (Å²) in [7, 11) is -1.55. The highest BCUT2D eigenvalue weighted by Gasteiger charge is 2.35. The second-order valence-corrected chi connectivity index (χ2v) is 11.4. The first-order valence-electron chi connectivity index (χ1n) is 11.6. The molecule has 2 unspecified atom stereocenters. The molecule has 4 rings (SSSR count). The molecule has 0 amide bonds. The molecule has 4 nitrogen and oxygen atoms in total. The lowest BCUT2D eigenvalue weighted by Crippen LogP contribution is -2.29. The predicted octanol–water partition coefficient (Wildman–Crippen LogP) is 4.43. The van der Waals surface area contributed by atoms with Gasteiger partial charge in [0.1, 0.15) is 5.82 Å². The lowest BCUT2D eigenvalue weighted by molar-refractivity contribution is -0.137. The van der Waals surface area contributed by atoms with Gasteiger partial charge in [0, 0.05) is 6.54 Å². The number of halogens is 4. The van der Waals surface area contributed by atoms with Crippen LogP contribution in [0.1, 0.15) is 46.6 Å². The van der Waals surface area contributed by atoms with Crippen LogP contribution in [0.5, 0.6) is 0 Å². The van der Waals surface area contributed by atoms with E-state index < -0.39 is 21.8 Å². The zero-order chi connectivity index (χ0) is 24.5. The van der Waals surface area contributed by atoms with E-state index in [1.54, 1.807) is 12.1 Å². The molecule has 9 heteroatoms. The fraction of sp³-hybridized carbons (Fsp3) is 0.520. The molecule has 1 saturated carbocycles. The molecule has 0 radical (unpaired) electrons. The Bertz CT molecular complexity index is 1130. The molecule has 2 N–H and O–H groups in total. The van der Waals surface area contributed by atoms with Crippen LogP contribution < -0.4 is 10.0 Å². The van der Waals surface area contributed by atoms with Crippen molar-refractivity contribution in [2.24, 2.45) is 11.8 Å². The van der Waals surface area contributed by atoms with Crippen LogP contribution >= 0.6 is 0 Å². The van der Waals surface area contributed by atoms with Gasteiger partial charge < -0.3 is 5.32 Å². The standard InChI is InChI=1S/C25H30F4N2O2S/c1-30-14-20-11-19-13-24(26)18(7-8-31-34(32,33)15-16-5-6-16)12-23(19)22(20)10-17-3-2-4-21(9-17)25(27,28)29/h2-4,9,12-13,16,20,22,30-31H,5-8,10-11,14-15H2,1H3. The van der Waals surface area contributed by atoms with E-state index in [1.807, 2.05) is 7.05 Å². The van der Waals surface area contributed by atoms with Crippen LogP contribution in [0.3, 0.4) is 0 Å². The summed E-state index contributed by atoms with van der Waals surface area (Å²) in [6, 6.07) is 8.67. The van der Waals surface area contributed by atoms with E-state index in [0.29, 0.717) is 30.5 Å². The first-order chi connectivity index (χ1) is 16.1. The second-order valence-electron chi connectivity index (χ2n) is 9.54. The SMILES string of the molecule is CNCC1Cc2cc(F)c(CCNS(=O)(=O)CC3CC3)cc2C1Cc1cccc(C(F)(F)F)c1. The molecule has 0 bridgehead atoms. The van der Waals surface area contributed by atoms with Crippen LogP contribution in [0.2, 0.25) is 0 Å². The molecule has 34 heavy (non-hydrogen) atoms. The molecule has 2 aromatic carbocycles. The van der Waals surface area contributed by atoms with Gasteiger partial charge in [-0.2, -0.15) is 13.2 Å². The minimum atomic E-state index is -4.41. The van der Waals surface area contributed by atoms with Gasteiger partial charge in [0.25, 0.3) is 0 Å². The smallest absolute Gasteiger partial charge is 0.319 e. The van der Waals surface area contributed by atoms with Gasteiger partial charge in [-0.1, -0.05) is 24.3 Å². The Hall–Kier alpha value is -1.97. The van der Waals surface area contributed by atoms with Crippen molar-refractivity contribution >= 4 is 10.0 Å². The van der Waals surface area contributed by atoms with Crippen LogP contribution in [0.4, 0.5) is 17.6 Å². The summed E-state index contributed by atoms with van der Waals surface area (Å²) in [4.78, 5) is 0. The molecule has 0 aromatic heterocycles. The normalized spacial score (nSPS) is 20.5. The molecule has 186 valence electrons. The van der Waals surface area contributed by atoms with E-state index >= 15 is 0 Å². The molecule has 2 aliphatic carbocycles. The Morgan fingerprint density at radius 2 is 1.88 bits per heavy atom. The van der Waals surface area contributed by atoms with E-state index in [2.05, 4.69) is 10.0 Å². The lowest BCUT2D eigenvalue weighted by atomic mass is 9.85. The largest absolute Gasteiger partial charge is 0.416 e. The highest BCUT2D eigenvalue weighted by Crippen LogP contribution is 2.42. The molecule has 1 fully saturated rings. The first-order valence-corrected chi connectivity index (χ1v) is 13.3. The molecule has 2 aliphatic rings. The summed E-state index contributed by atoms with van der Waals surface area (Å²) in [6.45, 7) is 0.777. The minimum absolute atomic E-state index is 0.0585. The molecule has 0 heterocycles. The van der Waals surface area contributed by atoms with Gasteiger partial charge >= 0.3 is 6.18 Å². The van der Waals surface area contributed by atoms with Crippen molar-refractivity contribution in [2.45, 2.75) is 44.2 Å². The third-order valence-electron chi connectivity index (χ3n) is 6.80. The number of nitrogens with one attached hydrogen (secondary N) is 2.